The summed E-state index contributed by atoms with van der Waals surface area (Å²) in [5, 5.41) is 0. The van der Waals surface area contributed by atoms with Gasteiger partial charge < -0.3 is 19.1 Å². The molecule has 0 N–H and O–H groups in total. The van der Waals surface area contributed by atoms with Gasteiger partial charge in [-0.2, -0.15) is 0 Å². The second-order valence-electron chi connectivity index (χ2n) is 9.24. The van der Waals surface area contributed by atoms with Gasteiger partial charge in [-0.3, -0.25) is 0 Å². The van der Waals surface area contributed by atoms with Crippen molar-refractivity contribution >= 4 is 11.7 Å². The Labute approximate surface area is 195 Å². The van der Waals surface area contributed by atoms with Crippen molar-refractivity contribution in [2.75, 3.05) is 19.1 Å². The molecule has 33 heavy (non-hydrogen) atoms. The number of methoxy groups -OCH3 is 2. The summed E-state index contributed by atoms with van der Waals surface area (Å²) < 4.78 is 16.6. The Balaban J connectivity index is 1.85. The van der Waals surface area contributed by atoms with Crippen LogP contribution in [0, 0.1) is 0 Å². The zero-order chi connectivity index (χ0) is 23.6. The third-order valence-corrected chi connectivity index (χ3v) is 5.84. The summed E-state index contributed by atoms with van der Waals surface area (Å²) in [6.45, 7) is 5.71. The van der Waals surface area contributed by atoms with Crippen LogP contribution in [0.3, 0.4) is 0 Å². The van der Waals surface area contributed by atoms with Crippen molar-refractivity contribution in [3.05, 3.63) is 89.5 Å². The summed E-state index contributed by atoms with van der Waals surface area (Å²) in [7, 11) is 3.32. The van der Waals surface area contributed by atoms with E-state index in [2.05, 4.69) is 41.3 Å². The fourth-order valence-electron chi connectivity index (χ4n) is 4.38. The van der Waals surface area contributed by atoms with E-state index in [1.54, 1.807) is 14.2 Å². The highest BCUT2D eigenvalue weighted by molar-refractivity contribution is 5.85. The number of hydrogen-bond donors (Lipinski definition) is 0. The minimum Gasteiger partial charge on any atom is -0.497 e. The predicted molar refractivity (Wildman–Crippen MR) is 130 cm³/mol. The highest BCUT2D eigenvalue weighted by Gasteiger charge is 2.41. The molecule has 0 unspecified atom stereocenters. The number of hydrogen-bond acceptors (Lipinski definition) is 5. The summed E-state index contributed by atoms with van der Waals surface area (Å²) in [6, 6.07) is 23.6. The third-order valence-electron chi connectivity index (χ3n) is 5.84. The molecular weight excluding hydrogens is 414 g/mol. The smallest absolute Gasteiger partial charge is 0.329 e. The Hall–Kier alpha value is -3.47. The summed E-state index contributed by atoms with van der Waals surface area (Å²) in [5.41, 5.74) is 3.75. The van der Waals surface area contributed by atoms with Gasteiger partial charge in [0.2, 0.25) is 0 Å². The Morgan fingerprint density at radius 3 is 1.85 bits per heavy atom. The first-order valence-corrected chi connectivity index (χ1v) is 11.2. The SMILES string of the molecule is COc1ccc(C(c2ccc(OC)cc2)N2c3ccccc3C[C@H]2C(=O)OC(C)(C)C)cc1. The molecule has 0 fully saturated rings. The van der Waals surface area contributed by atoms with Crippen LogP contribution in [0.2, 0.25) is 0 Å². The molecule has 5 nitrogen and oxygen atoms in total. The van der Waals surface area contributed by atoms with E-state index in [1.807, 2.05) is 57.2 Å². The standard InChI is InChI=1S/C28H31NO4/c1-28(2,3)33-27(30)25-18-21-8-6-7-9-24(21)29(25)26(19-10-14-22(31-4)15-11-19)20-12-16-23(32-5)17-13-20/h6-17,25-26H,18H2,1-5H3/t25-/m0/s1. The number of rotatable bonds is 6. The number of para-hydroxylation sites is 1. The van der Waals surface area contributed by atoms with Crippen LogP contribution in [-0.2, 0) is 16.0 Å². The summed E-state index contributed by atoms with van der Waals surface area (Å²) >= 11 is 0. The van der Waals surface area contributed by atoms with Gasteiger partial charge in [0.25, 0.3) is 0 Å². The summed E-state index contributed by atoms with van der Waals surface area (Å²) in [6.07, 6.45) is 0.605. The zero-order valence-electron chi connectivity index (χ0n) is 19.9. The molecule has 4 rings (SSSR count). The lowest BCUT2D eigenvalue weighted by molar-refractivity contribution is -0.156. The van der Waals surface area contributed by atoms with Crippen molar-refractivity contribution < 1.29 is 19.0 Å². The molecule has 1 heterocycles. The normalized spacial score (nSPS) is 15.3. The van der Waals surface area contributed by atoms with Crippen molar-refractivity contribution in [2.45, 2.75) is 44.9 Å². The van der Waals surface area contributed by atoms with Gasteiger partial charge in [-0.1, -0.05) is 42.5 Å². The lowest BCUT2D eigenvalue weighted by atomic mass is 9.95. The first-order valence-electron chi connectivity index (χ1n) is 11.2. The molecule has 0 aromatic heterocycles. The van der Waals surface area contributed by atoms with Crippen molar-refractivity contribution in [3.63, 3.8) is 0 Å². The molecule has 0 aliphatic carbocycles. The Morgan fingerprint density at radius 1 is 0.848 bits per heavy atom. The van der Waals surface area contributed by atoms with Gasteiger partial charge in [0.1, 0.15) is 23.1 Å². The first kappa shape index (κ1) is 22.7. The first-order chi connectivity index (χ1) is 15.8. The fourth-order valence-corrected chi connectivity index (χ4v) is 4.38. The predicted octanol–water partition coefficient (Wildman–Crippen LogP) is 5.57. The fraction of sp³-hybridized carbons (Fsp3) is 0.321. The molecular formula is C28H31NO4. The minimum atomic E-state index is -0.562. The van der Waals surface area contributed by atoms with E-state index in [0.717, 1.165) is 33.9 Å². The second-order valence-corrected chi connectivity index (χ2v) is 9.24. The molecule has 0 saturated carbocycles. The van der Waals surface area contributed by atoms with E-state index >= 15 is 0 Å². The molecule has 0 bridgehead atoms. The van der Waals surface area contributed by atoms with Gasteiger partial charge in [0.05, 0.1) is 20.3 Å². The van der Waals surface area contributed by atoms with E-state index < -0.39 is 11.6 Å². The van der Waals surface area contributed by atoms with Crippen molar-refractivity contribution in [1.82, 2.24) is 0 Å². The molecule has 1 aliphatic heterocycles. The van der Waals surface area contributed by atoms with Crippen molar-refractivity contribution in [1.29, 1.82) is 0 Å². The van der Waals surface area contributed by atoms with Crippen LogP contribution in [0.25, 0.3) is 0 Å². The maximum absolute atomic E-state index is 13.4. The highest BCUT2D eigenvalue weighted by atomic mass is 16.6. The largest absolute Gasteiger partial charge is 0.497 e. The van der Waals surface area contributed by atoms with Crippen LogP contribution in [0.1, 0.15) is 43.5 Å². The number of fused-ring (bicyclic) bond motifs is 1. The van der Waals surface area contributed by atoms with Gasteiger partial charge >= 0.3 is 5.97 Å². The molecule has 3 aromatic carbocycles. The lowest BCUT2D eigenvalue weighted by Crippen LogP contribution is -2.44. The molecule has 5 heteroatoms. The highest BCUT2D eigenvalue weighted by Crippen LogP contribution is 2.43. The molecule has 1 atom stereocenters. The molecule has 1 aliphatic rings. The zero-order valence-corrected chi connectivity index (χ0v) is 19.9. The minimum absolute atomic E-state index is 0.192. The van der Waals surface area contributed by atoms with Crippen molar-refractivity contribution in [3.8, 4) is 11.5 Å². The number of benzene rings is 3. The Morgan fingerprint density at radius 2 is 1.36 bits per heavy atom. The van der Waals surface area contributed by atoms with E-state index in [0.29, 0.717) is 6.42 Å². The molecule has 0 saturated heterocycles. The number of carbonyl (C=O) groups excluding carboxylic acids is 1. The average molecular weight is 446 g/mol. The van der Waals surface area contributed by atoms with E-state index in [1.165, 1.54) is 0 Å². The molecule has 0 radical (unpaired) electrons. The maximum Gasteiger partial charge on any atom is 0.329 e. The monoisotopic (exact) mass is 445 g/mol. The van der Waals surface area contributed by atoms with Gasteiger partial charge in [-0.05, 0) is 67.8 Å². The van der Waals surface area contributed by atoms with Crippen molar-refractivity contribution in [2.24, 2.45) is 0 Å². The summed E-state index contributed by atoms with van der Waals surface area (Å²) in [5.74, 6) is 1.36. The van der Waals surface area contributed by atoms with Gasteiger partial charge in [0.15, 0.2) is 0 Å². The number of anilines is 1. The lowest BCUT2D eigenvalue weighted by Gasteiger charge is -2.36. The third kappa shape index (κ3) is 4.82. The number of carbonyl (C=O) groups is 1. The van der Waals surface area contributed by atoms with Gasteiger partial charge in [-0.15, -0.1) is 0 Å². The number of ether oxygens (including phenoxy) is 3. The van der Waals surface area contributed by atoms with Crippen LogP contribution in [0.15, 0.2) is 72.8 Å². The van der Waals surface area contributed by atoms with E-state index in [-0.39, 0.29) is 12.0 Å². The van der Waals surface area contributed by atoms with Crippen LogP contribution in [0.5, 0.6) is 11.5 Å². The van der Waals surface area contributed by atoms with Crippen LogP contribution in [-0.4, -0.2) is 31.8 Å². The maximum atomic E-state index is 13.4. The molecule has 172 valence electrons. The Bertz CT molecular complexity index is 1050. The Kier molecular flexibility index (Phi) is 6.32. The number of esters is 1. The van der Waals surface area contributed by atoms with Crippen LogP contribution < -0.4 is 14.4 Å². The van der Waals surface area contributed by atoms with E-state index in [9.17, 15) is 4.79 Å². The summed E-state index contributed by atoms with van der Waals surface area (Å²) in [4.78, 5) is 15.6. The molecule has 3 aromatic rings. The topological polar surface area (TPSA) is 48.0 Å². The average Bonchev–Trinajstić information content (AvgIpc) is 3.19. The van der Waals surface area contributed by atoms with Crippen LogP contribution in [0.4, 0.5) is 5.69 Å². The van der Waals surface area contributed by atoms with Crippen LogP contribution >= 0.6 is 0 Å². The number of nitrogens with zero attached hydrogens (tertiary/aromatic N) is 1. The second kappa shape index (κ2) is 9.18. The molecule has 0 amide bonds. The van der Waals surface area contributed by atoms with Gasteiger partial charge in [0, 0.05) is 12.1 Å². The van der Waals surface area contributed by atoms with Gasteiger partial charge in [-0.25, -0.2) is 4.79 Å². The van der Waals surface area contributed by atoms with E-state index in [4.69, 9.17) is 14.2 Å². The molecule has 0 spiro atoms. The quantitative estimate of drug-likeness (QED) is 0.465.